The highest BCUT2D eigenvalue weighted by atomic mass is 32.2. The molecule has 118 valence electrons. The molecule has 5 heteroatoms. The van der Waals surface area contributed by atoms with E-state index in [1.807, 2.05) is 0 Å². The molecule has 2 fully saturated rings. The Bertz CT molecular complexity index is 434. The van der Waals surface area contributed by atoms with Crippen LogP contribution in [0.3, 0.4) is 0 Å². The third-order valence-corrected chi connectivity index (χ3v) is 7.07. The molecule has 0 heterocycles. The Balaban J connectivity index is 2.01. The second-order valence-corrected chi connectivity index (χ2v) is 9.76. The van der Waals surface area contributed by atoms with Crippen molar-refractivity contribution in [2.75, 3.05) is 5.75 Å². The van der Waals surface area contributed by atoms with Gasteiger partial charge >= 0.3 is 0 Å². The van der Waals surface area contributed by atoms with Crippen molar-refractivity contribution in [1.29, 1.82) is 0 Å². The van der Waals surface area contributed by atoms with Crippen molar-refractivity contribution in [3.63, 3.8) is 0 Å². The fourth-order valence-electron chi connectivity index (χ4n) is 4.38. The third-order valence-electron chi connectivity index (χ3n) is 5.57. The quantitative estimate of drug-likeness (QED) is 0.836. The third kappa shape index (κ3) is 2.90. The Kier molecular flexibility index (Phi) is 4.27. The average molecular weight is 302 g/mol. The summed E-state index contributed by atoms with van der Waals surface area (Å²) in [6, 6.07) is -0.0454. The van der Waals surface area contributed by atoms with Gasteiger partial charge in [-0.05, 0) is 29.6 Å². The first-order valence-electron chi connectivity index (χ1n) is 7.83. The number of hydrogen-bond acceptors (Lipinski definition) is 3. The molecule has 0 aromatic carbocycles. The van der Waals surface area contributed by atoms with E-state index in [1.165, 1.54) is 19.3 Å². The van der Waals surface area contributed by atoms with E-state index in [2.05, 4.69) is 32.4 Å². The first kappa shape index (κ1) is 16.2. The van der Waals surface area contributed by atoms with Crippen molar-refractivity contribution >= 4 is 10.0 Å². The molecule has 3 N–H and O–H groups in total. The van der Waals surface area contributed by atoms with Crippen LogP contribution in [0.1, 0.15) is 59.8 Å². The van der Waals surface area contributed by atoms with Gasteiger partial charge in [0.15, 0.2) is 0 Å². The number of sulfonamides is 1. The summed E-state index contributed by atoms with van der Waals surface area (Å²) in [5.74, 6) is 0.617. The molecule has 2 aliphatic rings. The highest BCUT2D eigenvalue weighted by molar-refractivity contribution is 7.89. The molecule has 0 bridgehead atoms. The van der Waals surface area contributed by atoms with E-state index in [0.717, 1.165) is 12.8 Å². The summed E-state index contributed by atoms with van der Waals surface area (Å²) in [7, 11) is -3.21. The van der Waals surface area contributed by atoms with Crippen LogP contribution in [0.5, 0.6) is 0 Å². The maximum atomic E-state index is 12.4. The molecule has 0 aromatic heterocycles. The van der Waals surface area contributed by atoms with Gasteiger partial charge in [-0.3, -0.25) is 0 Å². The van der Waals surface area contributed by atoms with Gasteiger partial charge < -0.3 is 5.73 Å². The van der Waals surface area contributed by atoms with Crippen LogP contribution in [0.4, 0.5) is 0 Å². The molecule has 0 unspecified atom stereocenters. The summed E-state index contributed by atoms with van der Waals surface area (Å²) in [5, 5.41) is 0. The summed E-state index contributed by atoms with van der Waals surface area (Å²) in [6.45, 7) is 8.21. The van der Waals surface area contributed by atoms with Crippen molar-refractivity contribution in [2.24, 2.45) is 22.5 Å². The van der Waals surface area contributed by atoms with Gasteiger partial charge in [-0.2, -0.15) is 0 Å². The molecule has 2 saturated carbocycles. The van der Waals surface area contributed by atoms with E-state index in [4.69, 9.17) is 5.73 Å². The lowest BCUT2D eigenvalue weighted by Gasteiger charge is -2.62. The van der Waals surface area contributed by atoms with E-state index < -0.39 is 10.0 Å². The highest BCUT2D eigenvalue weighted by Crippen LogP contribution is 2.52. The molecular formula is C15H30N2O2S. The molecule has 2 rings (SSSR count). The molecule has 4 nitrogen and oxygen atoms in total. The van der Waals surface area contributed by atoms with Gasteiger partial charge in [0.1, 0.15) is 0 Å². The molecular weight excluding hydrogens is 272 g/mol. The van der Waals surface area contributed by atoms with E-state index in [1.54, 1.807) is 0 Å². The lowest BCUT2D eigenvalue weighted by molar-refractivity contribution is -0.0594. The Morgan fingerprint density at radius 2 is 1.55 bits per heavy atom. The molecule has 0 radical (unpaired) electrons. The van der Waals surface area contributed by atoms with Gasteiger partial charge in [-0.15, -0.1) is 0 Å². The van der Waals surface area contributed by atoms with Crippen LogP contribution < -0.4 is 10.5 Å². The van der Waals surface area contributed by atoms with Crippen molar-refractivity contribution in [1.82, 2.24) is 4.72 Å². The molecule has 0 atom stereocenters. The predicted molar refractivity (Wildman–Crippen MR) is 82.8 cm³/mol. The predicted octanol–water partition coefficient (Wildman–Crippen LogP) is 2.25. The maximum Gasteiger partial charge on any atom is 0.212 e. The minimum Gasteiger partial charge on any atom is -0.327 e. The van der Waals surface area contributed by atoms with Crippen molar-refractivity contribution in [3.8, 4) is 0 Å². The molecule has 0 saturated heterocycles. The van der Waals surface area contributed by atoms with Crippen LogP contribution in [0.2, 0.25) is 0 Å². The molecule has 20 heavy (non-hydrogen) atoms. The molecule has 0 aliphatic heterocycles. The van der Waals surface area contributed by atoms with Crippen LogP contribution in [0, 0.1) is 16.7 Å². The van der Waals surface area contributed by atoms with E-state index in [-0.39, 0.29) is 28.7 Å². The SMILES string of the molecule is CC1(C)C(N)C(C)(C)C1NS(=O)(=O)CC1CCCCC1. The Labute approximate surface area is 123 Å². The maximum absolute atomic E-state index is 12.4. The van der Waals surface area contributed by atoms with Gasteiger partial charge in [0.25, 0.3) is 0 Å². The van der Waals surface area contributed by atoms with Gasteiger partial charge in [0, 0.05) is 12.1 Å². The fraction of sp³-hybridized carbons (Fsp3) is 1.00. The summed E-state index contributed by atoms with van der Waals surface area (Å²) in [4.78, 5) is 0. The highest BCUT2D eigenvalue weighted by Gasteiger charge is 2.60. The number of nitrogens with one attached hydrogen (secondary N) is 1. The van der Waals surface area contributed by atoms with E-state index in [0.29, 0.717) is 5.92 Å². The van der Waals surface area contributed by atoms with Gasteiger partial charge in [0.05, 0.1) is 5.75 Å². The van der Waals surface area contributed by atoms with E-state index >= 15 is 0 Å². The zero-order valence-corrected chi connectivity index (χ0v) is 14.1. The van der Waals surface area contributed by atoms with Crippen molar-refractivity contribution < 1.29 is 8.42 Å². The van der Waals surface area contributed by atoms with Gasteiger partial charge in [0.2, 0.25) is 10.0 Å². The Morgan fingerprint density at radius 1 is 1.05 bits per heavy atom. The molecule has 0 aromatic rings. The smallest absolute Gasteiger partial charge is 0.212 e. The zero-order chi connectivity index (χ0) is 15.2. The Hall–Kier alpha value is -0.130. The Morgan fingerprint density at radius 3 is 2.05 bits per heavy atom. The number of hydrogen-bond donors (Lipinski definition) is 2. The van der Waals surface area contributed by atoms with Crippen molar-refractivity contribution in [2.45, 2.75) is 71.9 Å². The topological polar surface area (TPSA) is 72.2 Å². The average Bonchev–Trinajstić information content (AvgIpc) is 2.35. The second-order valence-electron chi connectivity index (χ2n) is 7.96. The van der Waals surface area contributed by atoms with Gasteiger partial charge in [-0.1, -0.05) is 47.0 Å². The monoisotopic (exact) mass is 302 g/mol. The molecule has 0 amide bonds. The minimum absolute atomic E-state index is 0.0254. The number of nitrogens with two attached hydrogens (primary N) is 1. The van der Waals surface area contributed by atoms with Crippen LogP contribution in [-0.4, -0.2) is 26.3 Å². The summed E-state index contributed by atoms with van der Waals surface area (Å²) in [6.07, 6.45) is 5.70. The second kappa shape index (κ2) is 5.25. The first-order valence-corrected chi connectivity index (χ1v) is 9.48. The van der Waals surface area contributed by atoms with Crippen LogP contribution in [0.15, 0.2) is 0 Å². The fourth-order valence-corrected chi connectivity index (χ4v) is 6.39. The zero-order valence-electron chi connectivity index (χ0n) is 13.3. The lowest BCUT2D eigenvalue weighted by Crippen LogP contribution is -2.76. The summed E-state index contributed by atoms with van der Waals surface area (Å²) >= 11 is 0. The number of rotatable bonds is 4. The standard InChI is InChI=1S/C15H30N2O2S/c1-14(2)12(16)15(3,4)13(14)17-20(18,19)10-11-8-6-5-7-9-11/h11-13,17H,5-10,16H2,1-4H3. The molecule has 2 aliphatic carbocycles. The van der Waals surface area contributed by atoms with E-state index in [9.17, 15) is 8.42 Å². The van der Waals surface area contributed by atoms with Crippen LogP contribution in [-0.2, 0) is 10.0 Å². The summed E-state index contributed by atoms with van der Waals surface area (Å²) in [5.41, 5.74) is 5.84. The van der Waals surface area contributed by atoms with Crippen LogP contribution >= 0.6 is 0 Å². The largest absolute Gasteiger partial charge is 0.327 e. The summed E-state index contributed by atoms with van der Waals surface area (Å²) < 4.78 is 27.8. The van der Waals surface area contributed by atoms with Gasteiger partial charge in [-0.25, -0.2) is 13.1 Å². The van der Waals surface area contributed by atoms with Crippen molar-refractivity contribution in [3.05, 3.63) is 0 Å². The normalized spacial score (nSPS) is 33.6. The van der Waals surface area contributed by atoms with Crippen LogP contribution in [0.25, 0.3) is 0 Å². The minimum atomic E-state index is -3.21. The first-order chi connectivity index (χ1) is 9.07. The molecule has 0 spiro atoms. The lowest BCUT2D eigenvalue weighted by atomic mass is 9.49.